The third-order valence-corrected chi connectivity index (χ3v) is 3.01. The van der Waals surface area contributed by atoms with E-state index in [9.17, 15) is 9.59 Å². The Hall–Kier alpha value is -2.69. The zero-order valence-electron chi connectivity index (χ0n) is 12.0. The molecule has 1 aromatic heterocycles. The van der Waals surface area contributed by atoms with Gasteiger partial charge < -0.3 is 10.6 Å². The lowest BCUT2D eigenvalue weighted by Gasteiger charge is -2.13. The Bertz CT molecular complexity index is 641. The molecule has 0 aliphatic heterocycles. The van der Waals surface area contributed by atoms with Crippen molar-refractivity contribution in [3.05, 3.63) is 59.8 Å². The Morgan fingerprint density at radius 2 is 1.81 bits per heavy atom. The molecule has 0 aliphatic carbocycles. The van der Waals surface area contributed by atoms with Crippen molar-refractivity contribution in [2.24, 2.45) is 0 Å². The molecule has 0 bridgehead atoms. The standard InChI is InChI=1S/C16H17N3O2/c1-11-8-9-17-14(10-11)19-16(21)15(20)18-12(2)13-6-4-3-5-7-13/h3-10,12H,1-2H3,(H,18,20)(H,17,19,21). The highest BCUT2D eigenvalue weighted by molar-refractivity contribution is 6.39. The van der Waals surface area contributed by atoms with Gasteiger partial charge in [0.1, 0.15) is 5.82 Å². The summed E-state index contributed by atoms with van der Waals surface area (Å²) < 4.78 is 0. The second-order valence-electron chi connectivity index (χ2n) is 4.78. The van der Waals surface area contributed by atoms with Crippen LogP contribution in [0.4, 0.5) is 5.82 Å². The Morgan fingerprint density at radius 3 is 2.48 bits per heavy atom. The minimum Gasteiger partial charge on any atom is -0.341 e. The van der Waals surface area contributed by atoms with Crippen LogP contribution in [0.5, 0.6) is 0 Å². The summed E-state index contributed by atoms with van der Waals surface area (Å²) >= 11 is 0. The number of carbonyl (C=O) groups excluding carboxylic acids is 2. The molecule has 5 heteroatoms. The van der Waals surface area contributed by atoms with Crippen LogP contribution < -0.4 is 10.6 Å². The Labute approximate surface area is 123 Å². The number of nitrogens with one attached hydrogen (secondary N) is 2. The number of aryl methyl sites for hydroxylation is 1. The molecule has 0 aliphatic rings. The lowest BCUT2D eigenvalue weighted by Crippen LogP contribution is -2.37. The first-order chi connectivity index (χ1) is 10.1. The van der Waals surface area contributed by atoms with Gasteiger partial charge in [-0.15, -0.1) is 0 Å². The molecule has 1 aromatic carbocycles. The number of rotatable bonds is 3. The molecule has 21 heavy (non-hydrogen) atoms. The predicted octanol–water partition coefficient (Wildman–Crippen LogP) is 2.21. The Morgan fingerprint density at radius 1 is 1.10 bits per heavy atom. The normalized spacial score (nSPS) is 11.5. The Balaban J connectivity index is 1.95. The van der Waals surface area contributed by atoms with Gasteiger partial charge in [0.25, 0.3) is 0 Å². The van der Waals surface area contributed by atoms with E-state index in [2.05, 4.69) is 15.6 Å². The van der Waals surface area contributed by atoms with Crippen LogP contribution in [0.3, 0.4) is 0 Å². The number of carbonyl (C=O) groups is 2. The molecule has 0 fully saturated rings. The average Bonchev–Trinajstić information content (AvgIpc) is 2.48. The molecule has 0 spiro atoms. The van der Waals surface area contributed by atoms with E-state index in [1.165, 1.54) is 0 Å². The summed E-state index contributed by atoms with van der Waals surface area (Å²) in [5, 5.41) is 5.13. The van der Waals surface area contributed by atoms with Gasteiger partial charge in [-0.2, -0.15) is 0 Å². The van der Waals surface area contributed by atoms with E-state index in [1.54, 1.807) is 12.3 Å². The third kappa shape index (κ3) is 4.14. The van der Waals surface area contributed by atoms with Crippen molar-refractivity contribution in [2.75, 3.05) is 5.32 Å². The topological polar surface area (TPSA) is 71.1 Å². The van der Waals surface area contributed by atoms with Crippen LogP contribution in [0, 0.1) is 6.92 Å². The lowest BCUT2D eigenvalue weighted by atomic mass is 10.1. The van der Waals surface area contributed by atoms with Crippen molar-refractivity contribution in [1.29, 1.82) is 0 Å². The fraction of sp³-hybridized carbons (Fsp3) is 0.188. The predicted molar refractivity (Wildman–Crippen MR) is 80.6 cm³/mol. The molecule has 5 nitrogen and oxygen atoms in total. The molecule has 108 valence electrons. The summed E-state index contributed by atoms with van der Waals surface area (Å²) in [6.45, 7) is 3.71. The van der Waals surface area contributed by atoms with Gasteiger partial charge in [-0.05, 0) is 37.1 Å². The summed E-state index contributed by atoms with van der Waals surface area (Å²) in [5.41, 5.74) is 1.89. The van der Waals surface area contributed by atoms with Crippen molar-refractivity contribution in [2.45, 2.75) is 19.9 Å². The molecule has 0 radical (unpaired) electrons. The number of aromatic nitrogens is 1. The van der Waals surface area contributed by atoms with Gasteiger partial charge in [0.15, 0.2) is 0 Å². The highest BCUT2D eigenvalue weighted by atomic mass is 16.2. The van der Waals surface area contributed by atoms with E-state index >= 15 is 0 Å². The zero-order valence-corrected chi connectivity index (χ0v) is 12.0. The van der Waals surface area contributed by atoms with E-state index in [-0.39, 0.29) is 6.04 Å². The van der Waals surface area contributed by atoms with Gasteiger partial charge in [-0.3, -0.25) is 9.59 Å². The van der Waals surface area contributed by atoms with Crippen molar-refractivity contribution >= 4 is 17.6 Å². The van der Waals surface area contributed by atoms with E-state index < -0.39 is 11.8 Å². The van der Waals surface area contributed by atoms with Crippen LogP contribution >= 0.6 is 0 Å². The molecule has 2 aromatic rings. The largest absolute Gasteiger partial charge is 0.341 e. The number of pyridine rings is 1. The van der Waals surface area contributed by atoms with Crippen LogP contribution in [0.2, 0.25) is 0 Å². The van der Waals surface area contributed by atoms with Gasteiger partial charge in [0, 0.05) is 6.20 Å². The first-order valence-electron chi connectivity index (χ1n) is 6.65. The van der Waals surface area contributed by atoms with Crippen LogP contribution in [-0.2, 0) is 9.59 Å². The van der Waals surface area contributed by atoms with Gasteiger partial charge >= 0.3 is 11.8 Å². The minimum atomic E-state index is -0.726. The fourth-order valence-electron chi connectivity index (χ4n) is 1.86. The van der Waals surface area contributed by atoms with Crippen LogP contribution in [0.15, 0.2) is 48.7 Å². The molecule has 1 heterocycles. The number of nitrogens with zero attached hydrogens (tertiary/aromatic N) is 1. The average molecular weight is 283 g/mol. The molecule has 0 saturated heterocycles. The van der Waals surface area contributed by atoms with E-state index in [1.807, 2.05) is 50.2 Å². The maximum atomic E-state index is 11.9. The highest BCUT2D eigenvalue weighted by Gasteiger charge is 2.17. The maximum Gasteiger partial charge on any atom is 0.314 e. The zero-order chi connectivity index (χ0) is 15.2. The molecular weight excluding hydrogens is 266 g/mol. The SMILES string of the molecule is Cc1ccnc(NC(=O)C(=O)NC(C)c2ccccc2)c1. The maximum absolute atomic E-state index is 11.9. The van der Waals surface area contributed by atoms with Crippen molar-refractivity contribution in [3.63, 3.8) is 0 Å². The number of amides is 2. The van der Waals surface area contributed by atoms with Crippen LogP contribution in [0.25, 0.3) is 0 Å². The van der Waals surface area contributed by atoms with E-state index in [0.717, 1.165) is 11.1 Å². The quantitative estimate of drug-likeness (QED) is 0.848. The van der Waals surface area contributed by atoms with E-state index in [0.29, 0.717) is 5.82 Å². The highest BCUT2D eigenvalue weighted by Crippen LogP contribution is 2.11. The van der Waals surface area contributed by atoms with E-state index in [4.69, 9.17) is 0 Å². The first kappa shape index (κ1) is 14.7. The van der Waals surface area contributed by atoms with Crippen LogP contribution in [0.1, 0.15) is 24.1 Å². The number of benzene rings is 1. The third-order valence-electron chi connectivity index (χ3n) is 3.01. The lowest BCUT2D eigenvalue weighted by molar-refractivity contribution is -0.136. The molecule has 2 N–H and O–H groups in total. The molecule has 1 atom stereocenters. The smallest absolute Gasteiger partial charge is 0.314 e. The number of hydrogen-bond donors (Lipinski definition) is 2. The number of hydrogen-bond acceptors (Lipinski definition) is 3. The van der Waals surface area contributed by atoms with Crippen molar-refractivity contribution in [1.82, 2.24) is 10.3 Å². The summed E-state index contributed by atoms with van der Waals surface area (Å²) in [6.07, 6.45) is 1.58. The minimum absolute atomic E-state index is 0.241. The van der Waals surface area contributed by atoms with Gasteiger partial charge in [-0.25, -0.2) is 4.98 Å². The molecular formula is C16H17N3O2. The van der Waals surface area contributed by atoms with Gasteiger partial charge in [0.2, 0.25) is 0 Å². The summed E-state index contributed by atoms with van der Waals surface area (Å²) in [6, 6.07) is 12.7. The van der Waals surface area contributed by atoms with Crippen LogP contribution in [-0.4, -0.2) is 16.8 Å². The van der Waals surface area contributed by atoms with Gasteiger partial charge in [-0.1, -0.05) is 30.3 Å². The molecule has 2 amide bonds. The summed E-state index contributed by atoms with van der Waals surface area (Å²) in [4.78, 5) is 27.7. The molecule has 0 saturated carbocycles. The first-order valence-corrected chi connectivity index (χ1v) is 6.65. The molecule has 2 rings (SSSR count). The van der Waals surface area contributed by atoms with Crippen molar-refractivity contribution in [3.8, 4) is 0 Å². The van der Waals surface area contributed by atoms with Crippen molar-refractivity contribution < 1.29 is 9.59 Å². The number of anilines is 1. The van der Waals surface area contributed by atoms with Gasteiger partial charge in [0.05, 0.1) is 6.04 Å². The summed E-state index contributed by atoms with van der Waals surface area (Å²) in [7, 11) is 0. The summed E-state index contributed by atoms with van der Waals surface area (Å²) in [5.74, 6) is -1.05. The monoisotopic (exact) mass is 283 g/mol. The Kier molecular flexibility index (Phi) is 4.66. The second kappa shape index (κ2) is 6.65. The fourth-order valence-corrected chi connectivity index (χ4v) is 1.86. The second-order valence-corrected chi connectivity index (χ2v) is 4.78. The molecule has 1 unspecified atom stereocenters.